The molecule has 0 fully saturated rings. The molecule has 0 aliphatic carbocycles. The third-order valence-electron chi connectivity index (χ3n) is 3.01. The van der Waals surface area contributed by atoms with Crippen LogP contribution in [0.25, 0.3) is 0 Å². The van der Waals surface area contributed by atoms with Crippen LogP contribution >= 0.6 is 46.5 Å². The number of rotatable bonds is 4. The first-order valence-corrected chi connectivity index (χ1v) is 9.56. The second-order valence-electron chi connectivity index (χ2n) is 4.43. The van der Waals surface area contributed by atoms with E-state index in [0.29, 0.717) is 10.8 Å². The standard InChI is InChI=1S/C13H12ClN3OS3/c14-8-1-2-11-9(5-8)10(3-4-19-11)16-12(18)6-20-13-17-15-7-21-13/h1-2,5,7,10H,3-4,6H2,(H,16,18)/t10-/m1/s1. The quantitative estimate of drug-likeness (QED) is 0.846. The maximum Gasteiger partial charge on any atom is 0.230 e. The zero-order valence-corrected chi connectivity index (χ0v) is 14.1. The molecule has 1 N–H and O–H groups in total. The third-order valence-corrected chi connectivity index (χ3v) is 6.23. The Balaban J connectivity index is 1.63. The summed E-state index contributed by atoms with van der Waals surface area (Å²) in [4.78, 5) is 13.3. The second-order valence-corrected chi connectivity index (χ2v) is 8.06. The fourth-order valence-electron chi connectivity index (χ4n) is 2.10. The van der Waals surface area contributed by atoms with Gasteiger partial charge in [-0.2, -0.15) is 0 Å². The Morgan fingerprint density at radius 2 is 2.43 bits per heavy atom. The van der Waals surface area contributed by atoms with Crippen molar-refractivity contribution in [2.24, 2.45) is 0 Å². The van der Waals surface area contributed by atoms with Gasteiger partial charge in [-0.3, -0.25) is 4.79 Å². The number of aromatic nitrogens is 2. The summed E-state index contributed by atoms with van der Waals surface area (Å²) in [5.74, 6) is 1.37. The normalized spacial score (nSPS) is 17.3. The first-order chi connectivity index (χ1) is 10.2. The Labute approximate surface area is 140 Å². The molecule has 110 valence electrons. The van der Waals surface area contributed by atoms with E-state index in [1.807, 2.05) is 30.0 Å². The Kier molecular flexibility index (Phi) is 5.05. The van der Waals surface area contributed by atoms with Gasteiger partial charge in [-0.05, 0) is 30.2 Å². The number of carbonyl (C=O) groups excluding carboxylic acids is 1. The average Bonchev–Trinajstić information content (AvgIpc) is 2.99. The lowest BCUT2D eigenvalue weighted by Gasteiger charge is -2.26. The van der Waals surface area contributed by atoms with E-state index in [2.05, 4.69) is 15.5 Å². The van der Waals surface area contributed by atoms with Crippen molar-refractivity contribution >= 4 is 52.4 Å². The van der Waals surface area contributed by atoms with Gasteiger partial charge >= 0.3 is 0 Å². The smallest absolute Gasteiger partial charge is 0.230 e. The summed E-state index contributed by atoms with van der Waals surface area (Å²) in [7, 11) is 0. The molecule has 0 bridgehead atoms. The van der Waals surface area contributed by atoms with Crippen LogP contribution in [0.1, 0.15) is 18.0 Å². The van der Waals surface area contributed by atoms with Gasteiger partial charge < -0.3 is 5.32 Å². The minimum absolute atomic E-state index is 0.0121. The van der Waals surface area contributed by atoms with Crippen molar-refractivity contribution in [2.45, 2.75) is 21.7 Å². The number of nitrogens with zero attached hydrogens (tertiary/aromatic N) is 2. The van der Waals surface area contributed by atoms with E-state index in [0.717, 1.165) is 22.1 Å². The number of halogens is 1. The van der Waals surface area contributed by atoms with E-state index < -0.39 is 0 Å². The van der Waals surface area contributed by atoms with E-state index in [-0.39, 0.29) is 11.9 Å². The molecule has 0 radical (unpaired) electrons. The number of carbonyl (C=O) groups is 1. The van der Waals surface area contributed by atoms with E-state index in [1.54, 1.807) is 5.51 Å². The van der Waals surface area contributed by atoms with Crippen LogP contribution in [0.4, 0.5) is 0 Å². The maximum atomic E-state index is 12.1. The van der Waals surface area contributed by atoms with Crippen molar-refractivity contribution in [1.29, 1.82) is 0 Å². The minimum Gasteiger partial charge on any atom is -0.348 e. The number of amides is 1. The van der Waals surface area contributed by atoms with E-state index in [1.165, 1.54) is 28.0 Å². The molecule has 1 atom stereocenters. The average molecular weight is 358 g/mol. The molecule has 1 aromatic carbocycles. The molecule has 1 aliphatic rings. The van der Waals surface area contributed by atoms with E-state index >= 15 is 0 Å². The molecule has 8 heteroatoms. The Morgan fingerprint density at radius 1 is 1.52 bits per heavy atom. The molecular weight excluding hydrogens is 346 g/mol. The van der Waals surface area contributed by atoms with Gasteiger partial charge in [0, 0.05) is 15.7 Å². The third kappa shape index (κ3) is 3.91. The lowest BCUT2D eigenvalue weighted by molar-refractivity contribution is -0.119. The SMILES string of the molecule is O=C(CSc1nncs1)N[C@@H]1CCSc2ccc(Cl)cc21. The van der Waals surface area contributed by atoms with Crippen LogP contribution in [0.15, 0.2) is 32.9 Å². The van der Waals surface area contributed by atoms with Gasteiger partial charge in [0.05, 0.1) is 11.8 Å². The first-order valence-electron chi connectivity index (χ1n) is 6.33. The molecular formula is C13H12ClN3OS3. The predicted octanol–water partition coefficient (Wildman–Crippen LogP) is 3.64. The number of thioether (sulfide) groups is 2. The largest absolute Gasteiger partial charge is 0.348 e. The van der Waals surface area contributed by atoms with Crippen LogP contribution < -0.4 is 5.32 Å². The van der Waals surface area contributed by atoms with Crippen molar-refractivity contribution in [3.63, 3.8) is 0 Å². The highest BCUT2D eigenvalue weighted by atomic mass is 35.5. The highest BCUT2D eigenvalue weighted by Crippen LogP contribution is 2.37. The summed E-state index contributed by atoms with van der Waals surface area (Å²) in [5.41, 5.74) is 2.78. The summed E-state index contributed by atoms with van der Waals surface area (Å²) in [5, 5.41) is 11.5. The molecule has 0 saturated heterocycles. The number of benzene rings is 1. The number of nitrogens with one attached hydrogen (secondary N) is 1. The minimum atomic E-state index is 0.0121. The zero-order valence-electron chi connectivity index (χ0n) is 10.9. The summed E-state index contributed by atoms with van der Waals surface area (Å²) >= 11 is 10.7. The van der Waals surface area contributed by atoms with Gasteiger partial charge in [-0.1, -0.05) is 34.7 Å². The number of hydrogen-bond donors (Lipinski definition) is 1. The monoisotopic (exact) mass is 357 g/mol. The molecule has 2 aromatic rings. The van der Waals surface area contributed by atoms with Gasteiger partial charge in [0.1, 0.15) is 5.51 Å². The highest BCUT2D eigenvalue weighted by molar-refractivity contribution is 8.01. The topological polar surface area (TPSA) is 54.9 Å². The fourth-order valence-corrected chi connectivity index (χ4v) is 4.69. The highest BCUT2D eigenvalue weighted by Gasteiger charge is 2.22. The molecule has 3 rings (SSSR count). The van der Waals surface area contributed by atoms with Gasteiger partial charge in [0.25, 0.3) is 0 Å². The molecule has 2 heterocycles. The van der Waals surface area contributed by atoms with Crippen LogP contribution in [0, 0.1) is 0 Å². The second kappa shape index (κ2) is 7.00. The van der Waals surface area contributed by atoms with Crippen molar-refractivity contribution < 1.29 is 4.79 Å². The summed E-state index contributed by atoms with van der Waals surface area (Å²) in [6.07, 6.45) is 0.924. The summed E-state index contributed by atoms with van der Waals surface area (Å²) < 4.78 is 0.813. The van der Waals surface area contributed by atoms with Crippen LogP contribution in [-0.4, -0.2) is 27.6 Å². The number of hydrogen-bond acceptors (Lipinski definition) is 6. The van der Waals surface area contributed by atoms with Crippen molar-refractivity contribution in [3.8, 4) is 0 Å². The van der Waals surface area contributed by atoms with Crippen LogP contribution in [-0.2, 0) is 4.79 Å². The zero-order chi connectivity index (χ0) is 14.7. The maximum absolute atomic E-state index is 12.1. The number of fused-ring (bicyclic) bond motifs is 1. The lowest BCUT2D eigenvalue weighted by Crippen LogP contribution is -2.31. The van der Waals surface area contributed by atoms with E-state index in [9.17, 15) is 4.79 Å². The molecule has 21 heavy (non-hydrogen) atoms. The predicted molar refractivity (Wildman–Crippen MR) is 88.3 cm³/mol. The van der Waals surface area contributed by atoms with Crippen LogP contribution in [0.5, 0.6) is 0 Å². The van der Waals surface area contributed by atoms with Gasteiger partial charge in [0.2, 0.25) is 5.91 Å². The first kappa shape index (κ1) is 15.1. The van der Waals surface area contributed by atoms with Crippen molar-refractivity contribution in [3.05, 3.63) is 34.3 Å². The molecule has 0 spiro atoms. The Morgan fingerprint density at radius 3 is 3.24 bits per heavy atom. The molecule has 1 amide bonds. The van der Waals surface area contributed by atoms with Crippen LogP contribution in [0.2, 0.25) is 5.02 Å². The van der Waals surface area contributed by atoms with Gasteiger partial charge in [-0.25, -0.2) is 0 Å². The van der Waals surface area contributed by atoms with Crippen molar-refractivity contribution in [1.82, 2.24) is 15.5 Å². The fraction of sp³-hybridized carbons (Fsp3) is 0.308. The summed E-state index contributed by atoms with van der Waals surface area (Å²) in [6, 6.07) is 5.91. The van der Waals surface area contributed by atoms with E-state index in [4.69, 9.17) is 11.6 Å². The Hall–Kier alpha value is -0.760. The Bertz CT molecular complexity index is 636. The molecule has 0 unspecified atom stereocenters. The molecule has 1 aromatic heterocycles. The molecule has 0 saturated carbocycles. The van der Waals surface area contributed by atoms with Crippen molar-refractivity contribution in [2.75, 3.05) is 11.5 Å². The lowest BCUT2D eigenvalue weighted by atomic mass is 10.0. The molecule has 4 nitrogen and oxygen atoms in total. The van der Waals surface area contributed by atoms with Gasteiger partial charge in [-0.15, -0.1) is 22.0 Å². The van der Waals surface area contributed by atoms with Gasteiger partial charge in [0.15, 0.2) is 4.34 Å². The summed E-state index contributed by atoms with van der Waals surface area (Å²) in [6.45, 7) is 0. The van der Waals surface area contributed by atoms with Crippen LogP contribution in [0.3, 0.4) is 0 Å². The molecule has 1 aliphatic heterocycles.